The van der Waals surface area contributed by atoms with Crippen molar-refractivity contribution in [3.05, 3.63) is 24.0 Å². The molecule has 128 valence electrons. The number of amides is 2. The Morgan fingerprint density at radius 2 is 1.57 bits per heavy atom. The first kappa shape index (κ1) is 18.7. The second-order valence-electron chi connectivity index (χ2n) is 7.02. The fourth-order valence-electron chi connectivity index (χ4n) is 1.50. The minimum atomic E-state index is -0.561. The normalized spacial score (nSPS) is 11.6. The van der Waals surface area contributed by atoms with E-state index >= 15 is 0 Å². The summed E-state index contributed by atoms with van der Waals surface area (Å²) in [7, 11) is 0. The molecular formula is C16H25N3O4. The molecule has 2 amide bonds. The smallest absolute Gasteiger partial charge is 0.412 e. The Labute approximate surface area is 136 Å². The lowest BCUT2D eigenvalue weighted by Gasteiger charge is -2.20. The second kappa shape index (κ2) is 7.30. The number of carbonyl (C=O) groups excluding carboxylic acids is 2. The van der Waals surface area contributed by atoms with E-state index in [0.29, 0.717) is 11.4 Å². The van der Waals surface area contributed by atoms with Crippen LogP contribution in [0.1, 0.15) is 47.2 Å². The number of anilines is 1. The van der Waals surface area contributed by atoms with Crippen LogP contribution in [0.4, 0.5) is 15.3 Å². The zero-order chi connectivity index (χ0) is 17.7. The number of hydrogen-bond acceptors (Lipinski definition) is 5. The second-order valence-corrected chi connectivity index (χ2v) is 7.02. The first-order chi connectivity index (χ1) is 10.4. The Bertz CT molecular complexity index is 542. The summed E-state index contributed by atoms with van der Waals surface area (Å²) in [5.74, 6) is 0. The molecule has 1 aromatic rings. The summed E-state index contributed by atoms with van der Waals surface area (Å²) < 4.78 is 10.3. The van der Waals surface area contributed by atoms with E-state index in [2.05, 4.69) is 15.6 Å². The first-order valence-electron chi connectivity index (χ1n) is 7.36. The van der Waals surface area contributed by atoms with Gasteiger partial charge >= 0.3 is 12.2 Å². The van der Waals surface area contributed by atoms with Gasteiger partial charge in [-0.15, -0.1) is 0 Å². The van der Waals surface area contributed by atoms with Gasteiger partial charge in [0.1, 0.15) is 11.2 Å². The summed E-state index contributed by atoms with van der Waals surface area (Å²) in [5, 5.41) is 5.20. The van der Waals surface area contributed by atoms with E-state index in [1.807, 2.05) is 0 Å². The molecule has 1 rings (SSSR count). The predicted molar refractivity (Wildman–Crippen MR) is 87.2 cm³/mol. The maximum Gasteiger partial charge on any atom is 0.412 e. The monoisotopic (exact) mass is 323 g/mol. The lowest BCUT2D eigenvalue weighted by atomic mass is 10.2. The third kappa shape index (κ3) is 8.65. The molecule has 0 aliphatic heterocycles. The molecule has 23 heavy (non-hydrogen) atoms. The van der Waals surface area contributed by atoms with Crippen molar-refractivity contribution >= 4 is 17.9 Å². The van der Waals surface area contributed by atoms with E-state index in [1.54, 1.807) is 53.7 Å². The molecule has 0 radical (unpaired) electrons. The van der Waals surface area contributed by atoms with Crippen LogP contribution >= 0.6 is 0 Å². The molecule has 0 saturated heterocycles. The number of nitrogens with one attached hydrogen (secondary N) is 2. The van der Waals surface area contributed by atoms with Crippen LogP contribution in [0.2, 0.25) is 0 Å². The van der Waals surface area contributed by atoms with E-state index in [0.717, 1.165) is 0 Å². The van der Waals surface area contributed by atoms with Crippen molar-refractivity contribution in [3.63, 3.8) is 0 Å². The van der Waals surface area contributed by atoms with E-state index in [4.69, 9.17) is 9.47 Å². The van der Waals surface area contributed by atoms with Crippen LogP contribution in [-0.2, 0) is 16.0 Å². The van der Waals surface area contributed by atoms with Crippen LogP contribution in [0.5, 0.6) is 0 Å². The fourth-order valence-corrected chi connectivity index (χ4v) is 1.50. The lowest BCUT2D eigenvalue weighted by Crippen LogP contribution is -2.32. The third-order valence-electron chi connectivity index (χ3n) is 2.28. The van der Waals surface area contributed by atoms with E-state index < -0.39 is 23.4 Å². The molecule has 0 aliphatic rings. The van der Waals surface area contributed by atoms with E-state index in [1.165, 1.54) is 6.20 Å². The van der Waals surface area contributed by atoms with Crippen molar-refractivity contribution in [2.45, 2.75) is 59.3 Å². The zero-order valence-corrected chi connectivity index (χ0v) is 14.5. The number of pyridine rings is 1. The number of alkyl carbamates (subject to hydrolysis) is 1. The minimum Gasteiger partial charge on any atom is -0.444 e. The van der Waals surface area contributed by atoms with Gasteiger partial charge in [-0.05, 0) is 53.7 Å². The van der Waals surface area contributed by atoms with E-state index in [9.17, 15) is 9.59 Å². The van der Waals surface area contributed by atoms with Crippen LogP contribution in [0, 0.1) is 0 Å². The highest BCUT2D eigenvalue weighted by molar-refractivity contribution is 5.84. The van der Waals surface area contributed by atoms with Gasteiger partial charge in [-0.25, -0.2) is 9.59 Å². The molecule has 0 saturated carbocycles. The van der Waals surface area contributed by atoms with Crippen LogP contribution in [0.25, 0.3) is 0 Å². The molecule has 1 aromatic heterocycles. The Kier molecular flexibility index (Phi) is 5.95. The van der Waals surface area contributed by atoms with Crippen molar-refractivity contribution in [1.29, 1.82) is 0 Å². The molecule has 7 nitrogen and oxygen atoms in total. The summed E-state index contributed by atoms with van der Waals surface area (Å²) >= 11 is 0. The summed E-state index contributed by atoms with van der Waals surface area (Å²) in [4.78, 5) is 27.3. The highest BCUT2D eigenvalue weighted by Gasteiger charge is 2.17. The highest BCUT2D eigenvalue weighted by Crippen LogP contribution is 2.11. The SMILES string of the molecule is CC(C)(C)OC(=O)NCc1ccc(NC(=O)OC(C)(C)C)cn1. The van der Waals surface area contributed by atoms with Crippen LogP contribution in [-0.4, -0.2) is 28.4 Å². The van der Waals surface area contributed by atoms with Gasteiger partial charge in [0.05, 0.1) is 24.1 Å². The van der Waals surface area contributed by atoms with Gasteiger partial charge in [0.15, 0.2) is 0 Å². The molecule has 7 heteroatoms. The summed E-state index contributed by atoms with van der Waals surface area (Å²) in [6, 6.07) is 3.38. The van der Waals surface area contributed by atoms with Gasteiger partial charge < -0.3 is 14.8 Å². The van der Waals surface area contributed by atoms with Gasteiger partial charge in [-0.2, -0.15) is 0 Å². The molecule has 0 aromatic carbocycles. The summed E-state index contributed by atoms with van der Waals surface area (Å²) in [6.07, 6.45) is 0.449. The number of ether oxygens (including phenoxy) is 2. The molecule has 0 fully saturated rings. The molecular weight excluding hydrogens is 298 g/mol. The average Bonchev–Trinajstić information content (AvgIpc) is 2.33. The molecule has 2 N–H and O–H groups in total. The topological polar surface area (TPSA) is 89.6 Å². The largest absolute Gasteiger partial charge is 0.444 e. The van der Waals surface area contributed by atoms with Crippen LogP contribution in [0.3, 0.4) is 0 Å². The van der Waals surface area contributed by atoms with Gasteiger partial charge in [-0.3, -0.25) is 10.3 Å². The maximum absolute atomic E-state index is 11.6. The summed E-state index contributed by atoms with van der Waals surface area (Å²) in [6.45, 7) is 11.0. The van der Waals surface area contributed by atoms with Crippen LogP contribution < -0.4 is 10.6 Å². The average molecular weight is 323 g/mol. The quantitative estimate of drug-likeness (QED) is 0.889. The molecule has 0 unspecified atom stereocenters. The van der Waals surface area contributed by atoms with Crippen molar-refractivity contribution < 1.29 is 19.1 Å². The van der Waals surface area contributed by atoms with Gasteiger partial charge in [-0.1, -0.05) is 0 Å². The number of aromatic nitrogens is 1. The zero-order valence-electron chi connectivity index (χ0n) is 14.5. The predicted octanol–water partition coefficient (Wildman–Crippen LogP) is 3.45. The Morgan fingerprint density at radius 3 is 2.04 bits per heavy atom. The number of nitrogens with zero attached hydrogens (tertiary/aromatic N) is 1. The first-order valence-corrected chi connectivity index (χ1v) is 7.36. The molecule has 0 aliphatic carbocycles. The van der Waals surface area contributed by atoms with Crippen molar-refractivity contribution in [2.24, 2.45) is 0 Å². The molecule has 0 atom stereocenters. The van der Waals surface area contributed by atoms with Gasteiger partial charge in [0, 0.05) is 0 Å². The van der Waals surface area contributed by atoms with Gasteiger partial charge in [0.25, 0.3) is 0 Å². The van der Waals surface area contributed by atoms with Gasteiger partial charge in [0.2, 0.25) is 0 Å². The van der Waals surface area contributed by atoms with Crippen molar-refractivity contribution in [1.82, 2.24) is 10.3 Å². The van der Waals surface area contributed by atoms with Crippen molar-refractivity contribution in [3.8, 4) is 0 Å². The van der Waals surface area contributed by atoms with Crippen LogP contribution in [0.15, 0.2) is 18.3 Å². The standard InChI is InChI=1S/C16H25N3O4/c1-15(2,3)22-13(20)18-9-11-7-8-12(10-17-11)19-14(21)23-16(4,5)6/h7-8,10H,9H2,1-6H3,(H,18,20)(H,19,21). The van der Waals surface area contributed by atoms with E-state index in [-0.39, 0.29) is 6.54 Å². The number of carbonyl (C=O) groups is 2. The Hall–Kier alpha value is -2.31. The maximum atomic E-state index is 11.6. The highest BCUT2D eigenvalue weighted by atomic mass is 16.6. The molecule has 0 bridgehead atoms. The molecule has 0 spiro atoms. The number of hydrogen-bond donors (Lipinski definition) is 2. The fraction of sp³-hybridized carbons (Fsp3) is 0.562. The molecule has 1 heterocycles. The number of rotatable bonds is 3. The van der Waals surface area contributed by atoms with Crippen molar-refractivity contribution in [2.75, 3.05) is 5.32 Å². The lowest BCUT2D eigenvalue weighted by molar-refractivity contribution is 0.0522. The Morgan fingerprint density at radius 1 is 1.00 bits per heavy atom. The third-order valence-corrected chi connectivity index (χ3v) is 2.28. The summed E-state index contributed by atoms with van der Waals surface area (Å²) in [5.41, 5.74) is 0.0545. The minimum absolute atomic E-state index is 0.238. The Balaban J connectivity index is 2.48.